The van der Waals surface area contributed by atoms with Crippen molar-refractivity contribution in [1.82, 2.24) is 15.1 Å². The number of benzene rings is 1. The molecule has 6 nitrogen and oxygen atoms in total. The highest BCUT2D eigenvalue weighted by molar-refractivity contribution is 5.81. The molecule has 0 saturated carbocycles. The van der Waals surface area contributed by atoms with Gasteiger partial charge in [-0.1, -0.05) is 0 Å². The van der Waals surface area contributed by atoms with E-state index in [9.17, 15) is 4.79 Å². The van der Waals surface area contributed by atoms with Crippen molar-refractivity contribution in [2.24, 2.45) is 0 Å². The molecule has 2 aromatic rings. The van der Waals surface area contributed by atoms with Crippen molar-refractivity contribution in [3.05, 3.63) is 30.0 Å². The smallest absolute Gasteiger partial charge is 0.249 e. The van der Waals surface area contributed by atoms with E-state index >= 15 is 0 Å². The molecule has 0 bridgehead atoms. The highest BCUT2D eigenvalue weighted by Crippen LogP contribution is 2.16. The number of carbonyl (C=O) groups is 1. The van der Waals surface area contributed by atoms with Crippen LogP contribution in [0.25, 0.3) is 10.9 Å². The molecule has 1 aromatic carbocycles. The number of fused-ring (bicyclic) bond motifs is 1. The van der Waals surface area contributed by atoms with Gasteiger partial charge in [-0.05, 0) is 38.0 Å². The molecule has 6 heteroatoms. The molecule has 2 atom stereocenters. The Morgan fingerprint density at radius 2 is 2.50 bits per heavy atom. The van der Waals surface area contributed by atoms with Crippen LogP contribution in [-0.4, -0.2) is 34.4 Å². The van der Waals surface area contributed by atoms with Gasteiger partial charge in [-0.15, -0.1) is 0 Å². The van der Waals surface area contributed by atoms with Gasteiger partial charge in [0.1, 0.15) is 6.10 Å². The van der Waals surface area contributed by atoms with Crippen LogP contribution in [-0.2, 0) is 16.1 Å². The van der Waals surface area contributed by atoms with Crippen LogP contribution in [0.5, 0.6) is 0 Å². The Bertz CT molecular complexity index is 725. The fraction of sp³-hybridized carbons (Fsp3) is 0.438. The molecule has 22 heavy (non-hydrogen) atoms. The lowest BCUT2D eigenvalue weighted by Gasteiger charge is -2.17. The first-order valence-electron chi connectivity index (χ1n) is 7.45. The maximum Gasteiger partial charge on any atom is 0.249 e. The van der Waals surface area contributed by atoms with Crippen LogP contribution in [0.1, 0.15) is 25.3 Å². The first-order chi connectivity index (χ1) is 10.7. The lowest BCUT2D eigenvalue weighted by molar-refractivity contribution is -0.130. The van der Waals surface area contributed by atoms with Gasteiger partial charge < -0.3 is 10.1 Å². The molecule has 1 aliphatic heterocycles. The van der Waals surface area contributed by atoms with Crippen molar-refractivity contribution in [1.29, 1.82) is 5.26 Å². The lowest BCUT2D eigenvalue weighted by atomic mass is 10.2. The van der Waals surface area contributed by atoms with Crippen LogP contribution in [0.3, 0.4) is 0 Å². The van der Waals surface area contributed by atoms with Gasteiger partial charge >= 0.3 is 0 Å². The van der Waals surface area contributed by atoms with Crippen molar-refractivity contribution < 1.29 is 9.53 Å². The number of carbonyl (C=O) groups excluding carboxylic acids is 1. The van der Waals surface area contributed by atoms with E-state index in [4.69, 9.17) is 10.00 Å². The van der Waals surface area contributed by atoms with Crippen LogP contribution in [0.2, 0.25) is 0 Å². The van der Waals surface area contributed by atoms with Crippen LogP contribution in [0.15, 0.2) is 24.4 Å². The van der Waals surface area contributed by atoms with Gasteiger partial charge in [0.15, 0.2) is 0 Å². The molecule has 0 aliphatic carbocycles. The first kappa shape index (κ1) is 14.5. The van der Waals surface area contributed by atoms with E-state index in [-0.39, 0.29) is 18.1 Å². The predicted molar refractivity (Wildman–Crippen MR) is 81.0 cm³/mol. The zero-order chi connectivity index (χ0) is 15.5. The maximum atomic E-state index is 12.0. The normalized spacial score (nSPS) is 19.0. The molecule has 1 aliphatic rings. The average Bonchev–Trinajstić information content (AvgIpc) is 3.16. The van der Waals surface area contributed by atoms with Crippen molar-refractivity contribution >= 4 is 16.8 Å². The third-order valence-electron chi connectivity index (χ3n) is 3.83. The van der Waals surface area contributed by atoms with E-state index < -0.39 is 0 Å². The summed E-state index contributed by atoms with van der Waals surface area (Å²) in [6, 6.07) is 7.54. The number of amides is 1. The Morgan fingerprint density at radius 1 is 1.64 bits per heavy atom. The van der Waals surface area contributed by atoms with Crippen molar-refractivity contribution in [2.45, 2.75) is 38.5 Å². The number of aromatic nitrogens is 2. The Labute approximate surface area is 128 Å². The average molecular weight is 298 g/mol. The van der Waals surface area contributed by atoms with Crippen LogP contribution < -0.4 is 5.32 Å². The van der Waals surface area contributed by atoms with Crippen LogP contribution >= 0.6 is 0 Å². The van der Waals surface area contributed by atoms with E-state index in [1.807, 2.05) is 23.7 Å². The molecule has 1 aromatic heterocycles. The topological polar surface area (TPSA) is 79.9 Å². The molecule has 114 valence electrons. The van der Waals surface area contributed by atoms with Crippen LogP contribution in [0.4, 0.5) is 0 Å². The highest BCUT2D eigenvalue weighted by Gasteiger charge is 2.24. The predicted octanol–water partition coefficient (Wildman–Crippen LogP) is 1.59. The zero-order valence-electron chi connectivity index (χ0n) is 12.5. The monoisotopic (exact) mass is 298 g/mol. The van der Waals surface area contributed by atoms with E-state index in [2.05, 4.69) is 16.5 Å². The highest BCUT2D eigenvalue weighted by atomic mass is 16.5. The number of hydrogen-bond acceptors (Lipinski definition) is 4. The van der Waals surface area contributed by atoms with Gasteiger partial charge in [0.25, 0.3) is 0 Å². The van der Waals surface area contributed by atoms with Gasteiger partial charge in [0, 0.05) is 18.0 Å². The lowest BCUT2D eigenvalue weighted by Crippen LogP contribution is -2.41. The SMILES string of the molecule is CC(Cn1ncc2cc(C#N)ccc21)NC(=O)C1CCCO1. The molecule has 1 N–H and O–H groups in total. The third kappa shape index (κ3) is 2.95. The number of nitrogens with one attached hydrogen (secondary N) is 1. The number of hydrogen-bond donors (Lipinski definition) is 1. The summed E-state index contributed by atoms with van der Waals surface area (Å²) in [5.74, 6) is -0.0479. The summed E-state index contributed by atoms with van der Waals surface area (Å²) >= 11 is 0. The molecule has 1 amide bonds. The Hall–Kier alpha value is -2.39. The van der Waals surface area contributed by atoms with Crippen molar-refractivity contribution in [2.75, 3.05) is 6.61 Å². The third-order valence-corrected chi connectivity index (χ3v) is 3.83. The largest absolute Gasteiger partial charge is 0.368 e. The zero-order valence-corrected chi connectivity index (χ0v) is 12.5. The second-order valence-electron chi connectivity index (χ2n) is 5.62. The minimum atomic E-state index is -0.310. The molecule has 1 saturated heterocycles. The van der Waals surface area contributed by atoms with Crippen molar-refractivity contribution in [3.63, 3.8) is 0 Å². The summed E-state index contributed by atoms with van der Waals surface area (Å²) < 4.78 is 7.23. The Morgan fingerprint density at radius 3 is 3.23 bits per heavy atom. The number of nitrogens with zero attached hydrogens (tertiary/aromatic N) is 3. The van der Waals surface area contributed by atoms with E-state index in [0.717, 1.165) is 23.7 Å². The molecular weight excluding hydrogens is 280 g/mol. The maximum absolute atomic E-state index is 12.0. The molecule has 3 rings (SSSR count). The molecule has 0 spiro atoms. The second kappa shape index (κ2) is 6.16. The Balaban J connectivity index is 1.67. The summed E-state index contributed by atoms with van der Waals surface area (Å²) in [7, 11) is 0. The fourth-order valence-electron chi connectivity index (χ4n) is 2.73. The Kier molecular flexibility index (Phi) is 4.07. The number of nitriles is 1. The summed E-state index contributed by atoms with van der Waals surface area (Å²) in [6.45, 7) is 3.19. The van der Waals surface area contributed by atoms with Gasteiger partial charge in [-0.2, -0.15) is 10.4 Å². The molecule has 1 fully saturated rings. The quantitative estimate of drug-likeness (QED) is 0.929. The van der Waals surface area contributed by atoms with Crippen molar-refractivity contribution in [3.8, 4) is 6.07 Å². The standard InChI is InChI=1S/C16H18N4O2/c1-11(19-16(21)15-3-2-6-22-15)10-20-14-5-4-12(8-17)7-13(14)9-18-20/h4-5,7,9,11,15H,2-3,6,10H2,1H3,(H,19,21). The molecule has 2 unspecified atom stereocenters. The number of ether oxygens (including phenoxy) is 1. The molecule has 2 heterocycles. The van der Waals surface area contributed by atoms with Gasteiger partial charge in [0.2, 0.25) is 5.91 Å². The van der Waals surface area contributed by atoms with Gasteiger partial charge in [0.05, 0.1) is 29.9 Å². The van der Waals surface area contributed by atoms with E-state index in [1.165, 1.54) is 0 Å². The number of rotatable bonds is 4. The van der Waals surface area contributed by atoms with Gasteiger partial charge in [-0.25, -0.2) is 0 Å². The van der Waals surface area contributed by atoms with Gasteiger partial charge in [-0.3, -0.25) is 9.48 Å². The molecular formula is C16H18N4O2. The van der Waals surface area contributed by atoms with Crippen LogP contribution in [0, 0.1) is 11.3 Å². The summed E-state index contributed by atoms with van der Waals surface area (Å²) in [5, 5.41) is 17.2. The van der Waals surface area contributed by atoms with E-state index in [1.54, 1.807) is 12.3 Å². The summed E-state index contributed by atoms with van der Waals surface area (Å²) in [5.41, 5.74) is 1.57. The molecule has 0 radical (unpaired) electrons. The first-order valence-corrected chi connectivity index (χ1v) is 7.45. The summed E-state index contributed by atoms with van der Waals surface area (Å²) in [4.78, 5) is 12.0. The van der Waals surface area contributed by atoms with E-state index in [0.29, 0.717) is 18.7 Å². The minimum Gasteiger partial charge on any atom is -0.368 e. The minimum absolute atomic E-state index is 0.0459. The summed E-state index contributed by atoms with van der Waals surface area (Å²) in [6.07, 6.45) is 3.16. The second-order valence-corrected chi connectivity index (χ2v) is 5.62. The fourth-order valence-corrected chi connectivity index (χ4v) is 2.73.